The van der Waals surface area contributed by atoms with E-state index < -0.39 is 10.0 Å². The topological polar surface area (TPSA) is 104 Å². The van der Waals surface area contributed by atoms with Gasteiger partial charge in [-0.2, -0.15) is 0 Å². The van der Waals surface area contributed by atoms with Gasteiger partial charge >= 0.3 is 0 Å². The molecule has 0 aliphatic carbocycles. The van der Waals surface area contributed by atoms with Crippen LogP contribution < -0.4 is 5.14 Å². The van der Waals surface area contributed by atoms with Crippen molar-refractivity contribution in [2.24, 2.45) is 5.14 Å². The first kappa shape index (κ1) is 16.9. The van der Waals surface area contributed by atoms with Gasteiger partial charge in [0.15, 0.2) is 0 Å². The van der Waals surface area contributed by atoms with E-state index in [0.717, 1.165) is 0 Å². The molecule has 122 valence electrons. The summed E-state index contributed by atoms with van der Waals surface area (Å²) in [5.41, 5.74) is 0.844. The van der Waals surface area contributed by atoms with Crippen molar-refractivity contribution in [2.45, 2.75) is 11.8 Å². The summed E-state index contributed by atoms with van der Waals surface area (Å²) in [7, 11) is -3.84. The molecular formula is C14H21N3O4S. The fraction of sp³-hybridized carbons (Fsp3) is 0.500. The number of hydrogen-bond donors (Lipinski definition) is 2. The molecule has 0 spiro atoms. The van der Waals surface area contributed by atoms with Crippen LogP contribution in [0.1, 0.15) is 15.9 Å². The average Bonchev–Trinajstić information content (AvgIpc) is 2.47. The third-order valence-corrected chi connectivity index (χ3v) is 4.87. The normalized spacial score (nSPS) is 16.8. The van der Waals surface area contributed by atoms with Crippen molar-refractivity contribution in [1.82, 2.24) is 9.80 Å². The maximum Gasteiger partial charge on any atom is 0.253 e. The molecule has 1 aliphatic heterocycles. The molecule has 7 nitrogen and oxygen atoms in total. The molecule has 1 heterocycles. The maximum atomic E-state index is 12.5. The Balaban J connectivity index is 2.14. The van der Waals surface area contributed by atoms with E-state index >= 15 is 0 Å². The Hall–Kier alpha value is -1.48. The first-order chi connectivity index (χ1) is 10.3. The second kappa shape index (κ2) is 6.74. The van der Waals surface area contributed by atoms with Crippen LogP contribution in [0.2, 0.25) is 0 Å². The van der Waals surface area contributed by atoms with Crippen molar-refractivity contribution in [3.8, 4) is 0 Å². The standard InChI is InChI=1S/C14H21N3O4S/c1-11-2-3-12(10-13(11)22(15,20)21)14(19)17-6-4-16(5-7-17)8-9-18/h2-3,10,18H,4-9H2,1H3,(H2,15,20,21). The number of benzene rings is 1. The number of β-amino-alcohol motifs (C(OH)–C–C–N with tert-alkyl or cyclic N) is 1. The number of rotatable bonds is 4. The van der Waals surface area contributed by atoms with E-state index in [1.54, 1.807) is 24.0 Å². The van der Waals surface area contributed by atoms with Crippen LogP contribution in [0.15, 0.2) is 23.1 Å². The van der Waals surface area contributed by atoms with Gasteiger partial charge in [0.2, 0.25) is 10.0 Å². The Morgan fingerprint density at radius 3 is 2.45 bits per heavy atom. The number of aliphatic hydroxyl groups excluding tert-OH is 1. The molecule has 22 heavy (non-hydrogen) atoms. The van der Waals surface area contributed by atoms with E-state index in [4.69, 9.17) is 10.2 Å². The molecule has 3 N–H and O–H groups in total. The second-order valence-corrected chi connectivity index (χ2v) is 6.91. The Labute approximate surface area is 130 Å². The minimum absolute atomic E-state index is 0.0164. The molecule has 1 aromatic carbocycles. The maximum absolute atomic E-state index is 12.5. The number of amides is 1. The molecule has 1 aromatic rings. The lowest BCUT2D eigenvalue weighted by atomic mass is 10.1. The zero-order chi connectivity index (χ0) is 16.3. The highest BCUT2D eigenvalue weighted by atomic mass is 32.2. The highest BCUT2D eigenvalue weighted by molar-refractivity contribution is 7.89. The van der Waals surface area contributed by atoms with Crippen molar-refractivity contribution >= 4 is 15.9 Å². The molecule has 8 heteroatoms. The van der Waals surface area contributed by atoms with Crippen molar-refractivity contribution in [3.63, 3.8) is 0 Å². The predicted octanol–water partition coefficient (Wildman–Crippen LogP) is -0.607. The van der Waals surface area contributed by atoms with Crippen LogP contribution in [-0.2, 0) is 10.0 Å². The van der Waals surface area contributed by atoms with Crippen LogP contribution in [0.3, 0.4) is 0 Å². The largest absolute Gasteiger partial charge is 0.395 e. The summed E-state index contributed by atoms with van der Waals surface area (Å²) in [4.78, 5) is 16.2. The fourth-order valence-electron chi connectivity index (χ4n) is 2.54. The summed E-state index contributed by atoms with van der Waals surface area (Å²) in [6.07, 6.45) is 0. The highest BCUT2D eigenvalue weighted by Crippen LogP contribution is 2.17. The van der Waals surface area contributed by atoms with Crippen LogP contribution in [0.25, 0.3) is 0 Å². The van der Waals surface area contributed by atoms with Crippen LogP contribution >= 0.6 is 0 Å². The molecule has 1 saturated heterocycles. The Morgan fingerprint density at radius 2 is 1.91 bits per heavy atom. The summed E-state index contributed by atoms with van der Waals surface area (Å²) in [5.74, 6) is -0.200. The van der Waals surface area contributed by atoms with E-state index in [1.165, 1.54) is 6.07 Å². The smallest absolute Gasteiger partial charge is 0.253 e. The number of hydrogen-bond acceptors (Lipinski definition) is 5. The minimum atomic E-state index is -3.84. The molecule has 0 unspecified atom stereocenters. The van der Waals surface area contributed by atoms with Crippen molar-refractivity contribution < 1.29 is 18.3 Å². The number of nitrogens with two attached hydrogens (primary N) is 1. The number of sulfonamides is 1. The van der Waals surface area contributed by atoms with E-state index in [1.807, 2.05) is 0 Å². The number of nitrogens with zero attached hydrogens (tertiary/aromatic N) is 2. The molecule has 0 atom stereocenters. The molecule has 2 rings (SSSR count). The number of carbonyl (C=O) groups is 1. The van der Waals surface area contributed by atoms with Gasteiger partial charge in [-0.05, 0) is 24.6 Å². The summed E-state index contributed by atoms with van der Waals surface area (Å²) >= 11 is 0. The van der Waals surface area contributed by atoms with Crippen molar-refractivity contribution in [1.29, 1.82) is 0 Å². The molecular weight excluding hydrogens is 306 g/mol. The van der Waals surface area contributed by atoms with Gasteiger partial charge in [-0.15, -0.1) is 0 Å². The lowest BCUT2D eigenvalue weighted by Crippen LogP contribution is -2.49. The van der Waals surface area contributed by atoms with Crippen LogP contribution in [0.5, 0.6) is 0 Å². The molecule has 0 radical (unpaired) electrons. The van der Waals surface area contributed by atoms with Crippen LogP contribution in [-0.4, -0.2) is 68.6 Å². The average molecular weight is 327 g/mol. The second-order valence-electron chi connectivity index (χ2n) is 5.38. The number of carbonyl (C=O) groups excluding carboxylic acids is 1. The zero-order valence-corrected chi connectivity index (χ0v) is 13.3. The minimum Gasteiger partial charge on any atom is -0.395 e. The molecule has 0 aromatic heterocycles. The Morgan fingerprint density at radius 1 is 1.27 bits per heavy atom. The molecule has 0 saturated carbocycles. The van der Waals surface area contributed by atoms with Gasteiger partial charge in [0.05, 0.1) is 11.5 Å². The van der Waals surface area contributed by atoms with Crippen molar-refractivity contribution in [3.05, 3.63) is 29.3 Å². The number of aliphatic hydroxyl groups is 1. The first-order valence-electron chi connectivity index (χ1n) is 7.09. The van der Waals surface area contributed by atoms with Crippen LogP contribution in [0, 0.1) is 6.92 Å². The fourth-order valence-corrected chi connectivity index (χ4v) is 3.35. The lowest BCUT2D eigenvalue weighted by molar-refractivity contribution is 0.0615. The van der Waals surface area contributed by atoms with Gasteiger partial charge in [-0.25, -0.2) is 13.6 Å². The van der Waals surface area contributed by atoms with Crippen LogP contribution in [0.4, 0.5) is 0 Å². The predicted molar refractivity (Wildman–Crippen MR) is 82.0 cm³/mol. The Bertz CT molecular complexity index is 652. The number of primary sulfonamides is 1. The summed E-state index contributed by atoms with van der Waals surface area (Å²) in [5, 5.41) is 14.1. The number of aryl methyl sites for hydroxylation is 1. The van der Waals surface area contributed by atoms with Gasteiger partial charge in [-0.3, -0.25) is 9.69 Å². The zero-order valence-electron chi connectivity index (χ0n) is 12.5. The monoisotopic (exact) mass is 327 g/mol. The third-order valence-electron chi connectivity index (χ3n) is 3.82. The van der Waals surface area contributed by atoms with Crippen molar-refractivity contribution in [2.75, 3.05) is 39.3 Å². The van der Waals surface area contributed by atoms with Gasteiger partial charge in [0, 0.05) is 38.3 Å². The molecule has 1 fully saturated rings. The summed E-state index contributed by atoms with van der Waals surface area (Å²) in [6.45, 7) is 4.84. The molecule has 1 aliphatic rings. The quantitative estimate of drug-likeness (QED) is 0.768. The highest BCUT2D eigenvalue weighted by Gasteiger charge is 2.23. The van der Waals surface area contributed by atoms with E-state index in [0.29, 0.717) is 43.9 Å². The molecule has 0 bridgehead atoms. The third kappa shape index (κ3) is 3.83. The summed E-state index contributed by atoms with van der Waals surface area (Å²) in [6, 6.07) is 4.55. The van der Waals surface area contributed by atoms with E-state index in [-0.39, 0.29) is 17.4 Å². The van der Waals surface area contributed by atoms with Gasteiger partial charge in [-0.1, -0.05) is 6.07 Å². The van der Waals surface area contributed by atoms with Gasteiger partial charge in [0.1, 0.15) is 0 Å². The van der Waals surface area contributed by atoms with E-state index in [9.17, 15) is 13.2 Å². The lowest BCUT2D eigenvalue weighted by Gasteiger charge is -2.34. The van der Waals surface area contributed by atoms with Gasteiger partial charge < -0.3 is 10.0 Å². The summed E-state index contributed by atoms with van der Waals surface area (Å²) < 4.78 is 23.1. The van der Waals surface area contributed by atoms with E-state index in [2.05, 4.69) is 4.90 Å². The van der Waals surface area contributed by atoms with Gasteiger partial charge in [0.25, 0.3) is 5.91 Å². The SMILES string of the molecule is Cc1ccc(C(=O)N2CCN(CCO)CC2)cc1S(N)(=O)=O. The molecule has 1 amide bonds. The first-order valence-corrected chi connectivity index (χ1v) is 8.63. The Kier molecular flexibility index (Phi) is 5.17. The number of piperazine rings is 1.